The van der Waals surface area contributed by atoms with Crippen molar-refractivity contribution in [3.63, 3.8) is 0 Å². The highest BCUT2D eigenvalue weighted by Crippen LogP contribution is 1.99. The number of carboxylic acids is 1. The van der Waals surface area contributed by atoms with Gasteiger partial charge >= 0.3 is 5.97 Å². The van der Waals surface area contributed by atoms with Crippen LogP contribution in [0.3, 0.4) is 0 Å². The van der Waals surface area contributed by atoms with Crippen LogP contribution in [-0.4, -0.2) is 72.7 Å². The number of terminal acetylenes is 1. The second-order valence-corrected chi connectivity index (χ2v) is 3.74. The summed E-state index contributed by atoms with van der Waals surface area (Å²) in [5, 5.41) is 8.68. The molecule has 1 saturated heterocycles. The Hall–Kier alpha value is -1.58. The Kier molecular flexibility index (Phi) is 5.46. The van der Waals surface area contributed by atoms with Gasteiger partial charge < -0.3 is 14.7 Å². The maximum absolute atomic E-state index is 11.8. The Labute approximate surface area is 100 Å². The van der Waals surface area contributed by atoms with Crippen LogP contribution in [0.2, 0.25) is 0 Å². The number of carbonyl (C=O) groups excluding carboxylic acids is 1. The molecular weight excluding hydrogens is 224 g/mol. The molecule has 1 N–H and O–H groups in total. The van der Waals surface area contributed by atoms with E-state index in [0.717, 1.165) is 0 Å². The molecule has 0 spiro atoms. The van der Waals surface area contributed by atoms with Gasteiger partial charge in [0.1, 0.15) is 0 Å². The highest BCUT2D eigenvalue weighted by Gasteiger charge is 2.20. The van der Waals surface area contributed by atoms with Gasteiger partial charge in [0.25, 0.3) is 0 Å². The molecule has 6 heteroatoms. The van der Waals surface area contributed by atoms with Crippen LogP contribution in [0.4, 0.5) is 0 Å². The summed E-state index contributed by atoms with van der Waals surface area (Å²) < 4.78 is 5.13. The molecule has 0 saturated carbocycles. The fourth-order valence-electron chi connectivity index (χ4n) is 1.59. The summed E-state index contributed by atoms with van der Waals surface area (Å²) in [5.74, 6) is 1.25. The lowest BCUT2D eigenvalue weighted by molar-refractivity contribution is -0.140. The number of morpholine rings is 1. The van der Waals surface area contributed by atoms with Crippen molar-refractivity contribution in [1.29, 1.82) is 0 Å². The van der Waals surface area contributed by atoms with Crippen LogP contribution in [-0.2, 0) is 14.3 Å². The number of hydrogen-bond donors (Lipinski definition) is 1. The van der Waals surface area contributed by atoms with Crippen molar-refractivity contribution in [1.82, 2.24) is 9.80 Å². The quantitative estimate of drug-likeness (QED) is 0.615. The van der Waals surface area contributed by atoms with Crippen LogP contribution in [0.25, 0.3) is 0 Å². The van der Waals surface area contributed by atoms with Gasteiger partial charge in [-0.05, 0) is 0 Å². The molecule has 0 unspecified atom stereocenters. The number of rotatable bonds is 5. The molecular formula is C11H16N2O4. The zero-order chi connectivity index (χ0) is 12.7. The highest BCUT2D eigenvalue weighted by atomic mass is 16.5. The average molecular weight is 240 g/mol. The van der Waals surface area contributed by atoms with E-state index in [-0.39, 0.29) is 25.5 Å². The monoisotopic (exact) mass is 240 g/mol. The number of carbonyl (C=O) groups is 2. The number of aliphatic carboxylic acids is 1. The third kappa shape index (κ3) is 4.85. The molecule has 0 atom stereocenters. The van der Waals surface area contributed by atoms with Crippen LogP contribution in [0.15, 0.2) is 0 Å². The van der Waals surface area contributed by atoms with Crippen molar-refractivity contribution in [2.45, 2.75) is 0 Å². The Morgan fingerprint density at radius 1 is 1.35 bits per heavy atom. The fourth-order valence-corrected chi connectivity index (χ4v) is 1.59. The first-order valence-corrected chi connectivity index (χ1v) is 5.36. The average Bonchev–Trinajstić information content (AvgIpc) is 2.29. The molecule has 1 heterocycles. The SMILES string of the molecule is C#CCN(CC(=O)O)CC(=O)N1CCOCC1. The zero-order valence-corrected chi connectivity index (χ0v) is 9.59. The van der Waals surface area contributed by atoms with Crippen LogP contribution < -0.4 is 0 Å². The van der Waals surface area contributed by atoms with E-state index >= 15 is 0 Å². The van der Waals surface area contributed by atoms with Gasteiger partial charge in [0.2, 0.25) is 5.91 Å². The molecule has 0 bridgehead atoms. The molecule has 1 aliphatic heterocycles. The Morgan fingerprint density at radius 3 is 2.53 bits per heavy atom. The first-order valence-electron chi connectivity index (χ1n) is 5.36. The minimum absolute atomic E-state index is 0.0382. The first kappa shape index (κ1) is 13.5. The fraction of sp³-hybridized carbons (Fsp3) is 0.636. The van der Waals surface area contributed by atoms with Crippen LogP contribution in [0.5, 0.6) is 0 Å². The molecule has 0 aromatic carbocycles. The number of carboxylic acid groups (broad SMARTS) is 1. The van der Waals surface area contributed by atoms with Gasteiger partial charge in [0.15, 0.2) is 0 Å². The van der Waals surface area contributed by atoms with Crippen molar-refractivity contribution in [3.8, 4) is 12.3 Å². The van der Waals surface area contributed by atoms with E-state index in [0.29, 0.717) is 26.3 Å². The second kappa shape index (κ2) is 6.89. The minimum atomic E-state index is -0.991. The number of hydrogen-bond acceptors (Lipinski definition) is 4. The van der Waals surface area contributed by atoms with E-state index in [2.05, 4.69) is 5.92 Å². The topological polar surface area (TPSA) is 70.1 Å². The van der Waals surface area contributed by atoms with Crippen molar-refractivity contribution in [2.75, 3.05) is 45.9 Å². The molecule has 0 radical (unpaired) electrons. The van der Waals surface area contributed by atoms with E-state index in [1.54, 1.807) is 4.90 Å². The molecule has 0 aliphatic carbocycles. The van der Waals surface area contributed by atoms with E-state index in [9.17, 15) is 9.59 Å². The summed E-state index contributed by atoms with van der Waals surface area (Å²) in [6, 6.07) is 0. The summed E-state index contributed by atoms with van der Waals surface area (Å²) in [4.78, 5) is 25.5. The Morgan fingerprint density at radius 2 is 2.00 bits per heavy atom. The normalized spacial score (nSPS) is 15.6. The number of nitrogens with zero attached hydrogens (tertiary/aromatic N) is 2. The van der Waals surface area contributed by atoms with Crippen LogP contribution in [0, 0.1) is 12.3 Å². The second-order valence-electron chi connectivity index (χ2n) is 3.74. The van der Waals surface area contributed by atoms with Crippen molar-refractivity contribution < 1.29 is 19.4 Å². The van der Waals surface area contributed by atoms with Gasteiger partial charge in [0.05, 0.1) is 32.8 Å². The largest absolute Gasteiger partial charge is 0.480 e. The van der Waals surface area contributed by atoms with Gasteiger partial charge in [-0.3, -0.25) is 14.5 Å². The maximum atomic E-state index is 11.8. The van der Waals surface area contributed by atoms with Gasteiger partial charge in [-0.1, -0.05) is 5.92 Å². The Bertz CT molecular complexity index is 318. The van der Waals surface area contributed by atoms with E-state index < -0.39 is 5.97 Å². The lowest BCUT2D eigenvalue weighted by atomic mass is 10.3. The highest BCUT2D eigenvalue weighted by molar-refractivity contribution is 5.79. The summed E-state index contributed by atoms with van der Waals surface area (Å²) in [6.07, 6.45) is 5.13. The van der Waals surface area contributed by atoms with Gasteiger partial charge in [-0.15, -0.1) is 6.42 Å². The van der Waals surface area contributed by atoms with E-state index in [4.69, 9.17) is 16.3 Å². The molecule has 94 valence electrons. The summed E-state index contributed by atoms with van der Waals surface area (Å²) in [6.45, 7) is 2.13. The van der Waals surface area contributed by atoms with Crippen molar-refractivity contribution in [3.05, 3.63) is 0 Å². The standard InChI is InChI=1S/C11H16N2O4/c1-2-3-12(9-11(15)16)8-10(14)13-4-6-17-7-5-13/h1H,3-9H2,(H,15,16). The van der Waals surface area contributed by atoms with Crippen LogP contribution in [0.1, 0.15) is 0 Å². The minimum Gasteiger partial charge on any atom is -0.480 e. The van der Waals surface area contributed by atoms with Crippen molar-refractivity contribution in [2.24, 2.45) is 0 Å². The molecule has 0 aromatic heterocycles. The smallest absolute Gasteiger partial charge is 0.317 e. The molecule has 0 aromatic rings. The molecule has 1 amide bonds. The predicted molar refractivity (Wildman–Crippen MR) is 60.3 cm³/mol. The third-order valence-corrected chi connectivity index (χ3v) is 2.40. The lowest BCUT2D eigenvalue weighted by Crippen LogP contribution is -2.46. The van der Waals surface area contributed by atoms with Crippen molar-refractivity contribution >= 4 is 11.9 Å². The Balaban J connectivity index is 2.44. The first-order chi connectivity index (χ1) is 8.13. The van der Waals surface area contributed by atoms with E-state index in [1.165, 1.54) is 4.90 Å². The molecule has 1 fully saturated rings. The van der Waals surface area contributed by atoms with Crippen LogP contribution >= 0.6 is 0 Å². The summed E-state index contributed by atoms with van der Waals surface area (Å²) in [7, 11) is 0. The number of amides is 1. The molecule has 1 aliphatic rings. The third-order valence-electron chi connectivity index (χ3n) is 2.40. The predicted octanol–water partition coefficient (Wildman–Crippen LogP) is -1.13. The molecule has 17 heavy (non-hydrogen) atoms. The number of ether oxygens (including phenoxy) is 1. The molecule has 1 rings (SSSR count). The maximum Gasteiger partial charge on any atom is 0.317 e. The van der Waals surface area contributed by atoms with Gasteiger partial charge in [0, 0.05) is 13.1 Å². The zero-order valence-electron chi connectivity index (χ0n) is 9.59. The van der Waals surface area contributed by atoms with Gasteiger partial charge in [-0.2, -0.15) is 0 Å². The van der Waals surface area contributed by atoms with Gasteiger partial charge in [-0.25, -0.2) is 0 Å². The van der Waals surface area contributed by atoms with E-state index in [1.807, 2.05) is 0 Å². The summed E-state index contributed by atoms with van der Waals surface area (Å²) in [5.41, 5.74) is 0. The lowest BCUT2D eigenvalue weighted by Gasteiger charge is -2.28. The summed E-state index contributed by atoms with van der Waals surface area (Å²) >= 11 is 0. The molecule has 6 nitrogen and oxygen atoms in total.